The molecule has 0 saturated heterocycles. The maximum atomic E-state index is 8.69. The predicted molar refractivity (Wildman–Crippen MR) is 82.8 cm³/mol. The molecular formula is C13H24N4OS. The highest BCUT2D eigenvalue weighted by Crippen LogP contribution is 2.20. The molecule has 0 aliphatic rings. The molecular weight excluding hydrogens is 260 g/mol. The van der Waals surface area contributed by atoms with Gasteiger partial charge < -0.3 is 16.2 Å². The number of nitrogen functional groups attached to an aromatic ring is 1. The standard InChI is InChI=1S/C13H24N4OS/c1-9(2)12-16-11(14)10(3)13(17-12)15-5-8-19-7-4-6-18/h9,18H,4-8H2,1-3H3,(H3,14,15,16,17). The highest BCUT2D eigenvalue weighted by Gasteiger charge is 2.10. The van der Waals surface area contributed by atoms with Gasteiger partial charge >= 0.3 is 0 Å². The third-order valence-electron chi connectivity index (χ3n) is 2.70. The molecule has 1 aromatic heterocycles. The highest BCUT2D eigenvalue weighted by atomic mass is 32.2. The Morgan fingerprint density at radius 3 is 2.68 bits per heavy atom. The highest BCUT2D eigenvalue weighted by molar-refractivity contribution is 7.99. The van der Waals surface area contributed by atoms with Crippen LogP contribution in [0.25, 0.3) is 0 Å². The second-order valence-electron chi connectivity index (χ2n) is 4.71. The summed E-state index contributed by atoms with van der Waals surface area (Å²) in [4.78, 5) is 8.81. The minimum absolute atomic E-state index is 0.264. The van der Waals surface area contributed by atoms with Crippen molar-refractivity contribution in [1.82, 2.24) is 9.97 Å². The minimum Gasteiger partial charge on any atom is -0.396 e. The number of nitrogens with one attached hydrogen (secondary N) is 1. The number of nitrogens with zero attached hydrogens (tertiary/aromatic N) is 2. The fraction of sp³-hybridized carbons (Fsp3) is 0.692. The Labute approximate surface area is 119 Å². The Morgan fingerprint density at radius 1 is 1.32 bits per heavy atom. The van der Waals surface area contributed by atoms with E-state index in [1.807, 2.05) is 18.7 Å². The zero-order valence-corrected chi connectivity index (χ0v) is 12.8. The van der Waals surface area contributed by atoms with E-state index < -0.39 is 0 Å². The van der Waals surface area contributed by atoms with Crippen LogP contribution >= 0.6 is 11.8 Å². The van der Waals surface area contributed by atoms with E-state index in [1.165, 1.54) is 0 Å². The molecule has 0 radical (unpaired) electrons. The molecule has 0 atom stereocenters. The zero-order chi connectivity index (χ0) is 14.3. The lowest BCUT2D eigenvalue weighted by atomic mass is 10.2. The zero-order valence-electron chi connectivity index (χ0n) is 11.9. The van der Waals surface area contributed by atoms with Crippen molar-refractivity contribution in [3.63, 3.8) is 0 Å². The molecule has 4 N–H and O–H groups in total. The molecule has 0 amide bonds. The Balaban J connectivity index is 2.52. The van der Waals surface area contributed by atoms with Gasteiger partial charge in [0.2, 0.25) is 0 Å². The normalized spacial score (nSPS) is 11.0. The molecule has 0 aliphatic carbocycles. The Hall–Kier alpha value is -1.01. The average molecular weight is 284 g/mol. The fourth-order valence-electron chi connectivity index (χ4n) is 1.49. The van der Waals surface area contributed by atoms with Crippen LogP contribution in [0.2, 0.25) is 0 Å². The van der Waals surface area contributed by atoms with Gasteiger partial charge in [0.1, 0.15) is 17.5 Å². The number of nitrogens with two attached hydrogens (primary N) is 1. The maximum absolute atomic E-state index is 8.69. The van der Waals surface area contributed by atoms with Crippen LogP contribution in [0.15, 0.2) is 0 Å². The number of hydrogen-bond acceptors (Lipinski definition) is 6. The number of thioether (sulfide) groups is 1. The van der Waals surface area contributed by atoms with Crippen LogP contribution in [0.1, 0.15) is 37.6 Å². The molecule has 108 valence electrons. The Morgan fingerprint density at radius 2 is 2.05 bits per heavy atom. The number of rotatable bonds is 8. The molecule has 0 aromatic carbocycles. The van der Waals surface area contributed by atoms with E-state index in [0.29, 0.717) is 5.82 Å². The average Bonchev–Trinajstić information content (AvgIpc) is 2.37. The quantitative estimate of drug-likeness (QED) is 0.633. The molecule has 1 heterocycles. The minimum atomic E-state index is 0.264. The van der Waals surface area contributed by atoms with Gasteiger partial charge in [0, 0.05) is 30.4 Å². The van der Waals surface area contributed by atoms with Crippen molar-refractivity contribution >= 4 is 23.4 Å². The number of aliphatic hydroxyl groups excluding tert-OH is 1. The molecule has 0 bridgehead atoms. The first-order valence-corrected chi connectivity index (χ1v) is 7.78. The van der Waals surface area contributed by atoms with E-state index >= 15 is 0 Å². The summed E-state index contributed by atoms with van der Waals surface area (Å²) < 4.78 is 0. The summed E-state index contributed by atoms with van der Waals surface area (Å²) in [6.45, 7) is 7.14. The van der Waals surface area contributed by atoms with E-state index in [4.69, 9.17) is 10.8 Å². The summed E-state index contributed by atoms with van der Waals surface area (Å²) in [5.74, 6) is 4.40. The molecule has 19 heavy (non-hydrogen) atoms. The first kappa shape index (κ1) is 16.0. The van der Waals surface area contributed by atoms with Crippen molar-refractivity contribution in [2.24, 2.45) is 0 Å². The first-order chi connectivity index (χ1) is 9.06. The number of aliphatic hydroxyl groups is 1. The molecule has 1 aromatic rings. The second-order valence-corrected chi connectivity index (χ2v) is 5.94. The van der Waals surface area contributed by atoms with Gasteiger partial charge in [-0.05, 0) is 19.1 Å². The molecule has 0 saturated carbocycles. The lowest BCUT2D eigenvalue weighted by Crippen LogP contribution is -2.12. The fourth-order valence-corrected chi connectivity index (χ4v) is 2.28. The van der Waals surface area contributed by atoms with Crippen molar-refractivity contribution < 1.29 is 5.11 Å². The largest absolute Gasteiger partial charge is 0.396 e. The van der Waals surface area contributed by atoms with Crippen molar-refractivity contribution in [3.8, 4) is 0 Å². The van der Waals surface area contributed by atoms with Gasteiger partial charge in [0.15, 0.2) is 0 Å². The summed E-state index contributed by atoms with van der Waals surface area (Å²) in [6.07, 6.45) is 0.849. The van der Waals surface area contributed by atoms with Crippen LogP contribution in [-0.2, 0) is 0 Å². The van der Waals surface area contributed by atoms with E-state index in [9.17, 15) is 0 Å². The van der Waals surface area contributed by atoms with Gasteiger partial charge in [0.05, 0.1) is 0 Å². The summed E-state index contributed by atoms with van der Waals surface area (Å²) in [5.41, 5.74) is 6.81. The van der Waals surface area contributed by atoms with E-state index in [1.54, 1.807) is 0 Å². The molecule has 5 nitrogen and oxygen atoms in total. The maximum Gasteiger partial charge on any atom is 0.135 e. The van der Waals surface area contributed by atoms with E-state index in [2.05, 4.69) is 29.1 Å². The first-order valence-electron chi connectivity index (χ1n) is 6.62. The number of hydrogen-bond donors (Lipinski definition) is 3. The van der Waals surface area contributed by atoms with Crippen molar-refractivity contribution in [2.75, 3.05) is 35.7 Å². The summed E-state index contributed by atoms with van der Waals surface area (Å²) in [6, 6.07) is 0. The topological polar surface area (TPSA) is 84.1 Å². The second kappa shape index (κ2) is 8.22. The van der Waals surface area contributed by atoms with Gasteiger partial charge in [-0.2, -0.15) is 11.8 Å². The van der Waals surface area contributed by atoms with Gasteiger partial charge in [-0.3, -0.25) is 0 Å². The van der Waals surface area contributed by atoms with Crippen LogP contribution in [0, 0.1) is 6.92 Å². The molecule has 0 fully saturated rings. The smallest absolute Gasteiger partial charge is 0.135 e. The Kier molecular flexibility index (Phi) is 6.94. The third-order valence-corrected chi connectivity index (χ3v) is 3.77. The molecule has 1 rings (SSSR count). The van der Waals surface area contributed by atoms with E-state index in [0.717, 1.165) is 41.7 Å². The van der Waals surface area contributed by atoms with Gasteiger partial charge in [-0.15, -0.1) is 0 Å². The van der Waals surface area contributed by atoms with Gasteiger partial charge in [-0.1, -0.05) is 13.8 Å². The lowest BCUT2D eigenvalue weighted by molar-refractivity contribution is 0.296. The number of aromatic nitrogens is 2. The van der Waals surface area contributed by atoms with Crippen LogP contribution in [0.4, 0.5) is 11.6 Å². The summed E-state index contributed by atoms with van der Waals surface area (Å²) >= 11 is 1.82. The van der Waals surface area contributed by atoms with Crippen molar-refractivity contribution in [2.45, 2.75) is 33.1 Å². The lowest BCUT2D eigenvalue weighted by Gasteiger charge is -2.13. The van der Waals surface area contributed by atoms with Gasteiger partial charge in [0.25, 0.3) is 0 Å². The SMILES string of the molecule is Cc1c(N)nc(C(C)C)nc1NCCSCCCO. The summed E-state index contributed by atoms with van der Waals surface area (Å²) in [5, 5.41) is 12.0. The molecule has 0 aliphatic heterocycles. The monoisotopic (exact) mass is 284 g/mol. The van der Waals surface area contributed by atoms with Crippen LogP contribution in [0.3, 0.4) is 0 Å². The van der Waals surface area contributed by atoms with Crippen LogP contribution < -0.4 is 11.1 Å². The molecule has 0 spiro atoms. The summed E-state index contributed by atoms with van der Waals surface area (Å²) in [7, 11) is 0. The molecule has 0 unspecified atom stereocenters. The Bertz CT molecular complexity index is 398. The predicted octanol–water partition coefficient (Wildman–Crippen LogP) is 2.02. The van der Waals surface area contributed by atoms with E-state index in [-0.39, 0.29) is 12.5 Å². The van der Waals surface area contributed by atoms with Crippen LogP contribution in [0.5, 0.6) is 0 Å². The van der Waals surface area contributed by atoms with Crippen molar-refractivity contribution in [1.29, 1.82) is 0 Å². The molecule has 6 heteroatoms. The van der Waals surface area contributed by atoms with Crippen molar-refractivity contribution in [3.05, 3.63) is 11.4 Å². The third kappa shape index (κ3) is 5.24. The van der Waals surface area contributed by atoms with Gasteiger partial charge in [-0.25, -0.2) is 9.97 Å². The van der Waals surface area contributed by atoms with Crippen LogP contribution in [-0.4, -0.2) is 39.7 Å². The number of anilines is 2.